The van der Waals surface area contributed by atoms with E-state index < -0.39 is 0 Å². The van der Waals surface area contributed by atoms with Crippen molar-refractivity contribution in [2.24, 2.45) is 5.92 Å². The van der Waals surface area contributed by atoms with Gasteiger partial charge >= 0.3 is 0 Å². The molecule has 0 bridgehead atoms. The summed E-state index contributed by atoms with van der Waals surface area (Å²) in [6, 6.07) is 4.17. The number of hydrogen-bond acceptors (Lipinski definition) is 5. The van der Waals surface area contributed by atoms with Crippen LogP contribution in [0.25, 0.3) is 10.2 Å². The van der Waals surface area contributed by atoms with Gasteiger partial charge in [0.15, 0.2) is 0 Å². The summed E-state index contributed by atoms with van der Waals surface area (Å²) in [4.78, 5) is 23.9. The summed E-state index contributed by atoms with van der Waals surface area (Å²) in [5.74, 6) is 1.42. The van der Waals surface area contributed by atoms with Gasteiger partial charge in [0.2, 0.25) is 5.91 Å². The van der Waals surface area contributed by atoms with E-state index >= 15 is 0 Å². The molecule has 1 aliphatic rings. The maximum absolute atomic E-state index is 12.6. The van der Waals surface area contributed by atoms with Crippen LogP contribution in [0, 0.1) is 26.7 Å². The molecule has 0 saturated carbocycles. The van der Waals surface area contributed by atoms with Crippen LogP contribution >= 0.6 is 11.3 Å². The normalized spacial score (nSPS) is 16.1. The molecule has 1 aromatic carbocycles. The SMILES string of the molecule is Cc1cc(C)c(NC(=O)CNc2ncnc3sc4c(c23)CC[C@H](C)C4)c(C)c1. The molecular weight excluding hydrogens is 368 g/mol. The van der Waals surface area contributed by atoms with Gasteiger partial charge < -0.3 is 10.6 Å². The lowest BCUT2D eigenvalue weighted by Gasteiger charge is -2.18. The van der Waals surface area contributed by atoms with Crippen LogP contribution in [-0.2, 0) is 17.6 Å². The number of carbonyl (C=O) groups excluding carboxylic acids is 1. The summed E-state index contributed by atoms with van der Waals surface area (Å²) in [5.41, 5.74) is 5.62. The Morgan fingerprint density at radius 1 is 1.21 bits per heavy atom. The highest BCUT2D eigenvalue weighted by Crippen LogP contribution is 2.39. The second-order valence-corrected chi connectivity index (χ2v) is 9.01. The lowest BCUT2D eigenvalue weighted by atomic mass is 9.89. The molecule has 6 heteroatoms. The molecule has 1 amide bonds. The topological polar surface area (TPSA) is 66.9 Å². The molecule has 0 radical (unpaired) electrons. The van der Waals surface area contributed by atoms with Crippen molar-refractivity contribution in [3.8, 4) is 0 Å². The zero-order chi connectivity index (χ0) is 19.8. The first-order chi connectivity index (χ1) is 13.4. The molecule has 2 heterocycles. The van der Waals surface area contributed by atoms with Crippen LogP contribution < -0.4 is 10.6 Å². The number of nitrogens with one attached hydrogen (secondary N) is 2. The Kier molecular flexibility index (Phi) is 5.06. The number of nitrogens with zero attached hydrogens (tertiary/aromatic N) is 2. The molecular formula is C22H26N4OS. The summed E-state index contributed by atoms with van der Waals surface area (Å²) in [5, 5.41) is 7.39. The number of aryl methyl sites for hydroxylation is 4. The van der Waals surface area contributed by atoms with E-state index in [2.05, 4.69) is 46.6 Å². The summed E-state index contributed by atoms with van der Waals surface area (Å²) in [6.45, 7) is 8.60. The smallest absolute Gasteiger partial charge is 0.243 e. The average Bonchev–Trinajstić information content (AvgIpc) is 3.00. The molecule has 4 rings (SSSR count). The van der Waals surface area contributed by atoms with E-state index in [1.165, 1.54) is 22.4 Å². The van der Waals surface area contributed by atoms with Crippen molar-refractivity contribution in [1.82, 2.24) is 9.97 Å². The molecule has 3 aromatic rings. The standard InChI is InChI=1S/C22H26N4OS/c1-12-5-6-16-17(9-12)28-22-19(16)21(24-11-25-22)23-10-18(27)26-20-14(3)7-13(2)8-15(20)4/h7-8,11-12H,5-6,9-10H2,1-4H3,(H,26,27)(H,23,24,25)/t12-/m0/s1. The Morgan fingerprint density at radius 3 is 2.71 bits per heavy atom. The van der Waals surface area contributed by atoms with Gasteiger partial charge in [-0.15, -0.1) is 11.3 Å². The predicted molar refractivity (Wildman–Crippen MR) is 116 cm³/mol. The monoisotopic (exact) mass is 394 g/mol. The molecule has 2 aromatic heterocycles. The summed E-state index contributed by atoms with van der Waals surface area (Å²) >= 11 is 1.77. The van der Waals surface area contributed by atoms with Gasteiger partial charge in [0.25, 0.3) is 0 Å². The van der Waals surface area contributed by atoms with Crippen LogP contribution in [0.5, 0.6) is 0 Å². The van der Waals surface area contributed by atoms with Crippen LogP contribution in [0.2, 0.25) is 0 Å². The van der Waals surface area contributed by atoms with Crippen molar-refractivity contribution >= 4 is 39.0 Å². The minimum Gasteiger partial charge on any atom is -0.360 e. The molecule has 5 nitrogen and oxygen atoms in total. The number of anilines is 2. The first-order valence-electron chi connectivity index (χ1n) is 9.79. The van der Waals surface area contributed by atoms with Crippen LogP contribution in [0.4, 0.5) is 11.5 Å². The summed E-state index contributed by atoms with van der Waals surface area (Å²) < 4.78 is 0. The highest BCUT2D eigenvalue weighted by molar-refractivity contribution is 7.19. The highest BCUT2D eigenvalue weighted by atomic mass is 32.1. The lowest BCUT2D eigenvalue weighted by Crippen LogP contribution is -2.23. The number of thiophene rings is 1. The first-order valence-corrected chi connectivity index (χ1v) is 10.6. The van der Waals surface area contributed by atoms with Crippen molar-refractivity contribution in [2.75, 3.05) is 17.2 Å². The molecule has 2 N–H and O–H groups in total. The van der Waals surface area contributed by atoms with Gasteiger partial charge in [0.05, 0.1) is 11.9 Å². The van der Waals surface area contributed by atoms with E-state index in [0.29, 0.717) is 0 Å². The van der Waals surface area contributed by atoms with E-state index in [9.17, 15) is 4.79 Å². The predicted octanol–water partition coefficient (Wildman–Crippen LogP) is 4.79. The van der Waals surface area contributed by atoms with Crippen molar-refractivity contribution in [3.05, 3.63) is 45.6 Å². The fourth-order valence-corrected chi connectivity index (χ4v) is 5.48. The number of rotatable bonds is 4. The number of amides is 1. The molecule has 1 atom stereocenters. The fourth-order valence-electron chi connectivity index (χ4n) is 4.13. The van der Waals surface area contributed by atoms with Crippen LogP contribution in [0.1, 0.15) is 40.5 Å². The molecule has 0 fully saturated rings. The fraction of sp³-hybridized carbons (Fsp3) is 0.409. The third kappa shape index (κ3) is 3.61. The Hall–Kier alpha value is -2.47. The van der Waals surface area contributed by atoms with Gasteiger partial charge in [0, 0.05) is 10.6 Å². The largest absolute Gasteiger partial charge is 0.360 e. The number of hydrogen-bond donors (Lipinski definition) is 2. The summed E-state index contributed by atoms with van der Waals surface area (Å²) in [7, 11) is 0. The van der Waals surface area contributed by atoms with Gasteiger partial charge in [-0.05, 0) is 62.6 Å². The second kappa shape index (κ2) is 7.51. The third-order valence-corrected chi connectivity index (χ3v) is 6.61. The van der Waals surface area contributed by atoms with Gasteiger partial charge in [-0.3, -0.25) is 4.79 Å². The van der Waals surface area contributed by atoms with Gasteiger partial charge in [-0.1, -0.05) is 24.6 Å². The van der Waals surface area contributed by atoms with Crippen molar-refractivity contribution in [3.63, 3.8) is 0 Å². The van der Waals surface area contributed by atoms with Crippen molar-refractivity contribution in [1.29, 1.82) is 0 Å². The molecule has 28 heavy (non-hydrogen) atoms. The number of benzene rings is 1. The quantitative estimate of drug-likeness (QED) is 0.667. The first kappa shape index (κ1) is 18.9. The van der Waals surface area contributed by atoms with Crippen LogP contribution in [0.15, 0.2) is 18.5 Å². The van der Waals surface area contributed by atoms with E-state index in [0.717, 1.165) is 51.6 Å². The molecule has 1 aliphatic carbocycles. The van der Waals surface area contributed by atoms with Crippen LogP contribution in [0.3, 0.4) is 0 Å². The molecule has 0 unspecified atom stereocenters. The van der Waals surface area contributed by atoms with Gasteiger partial charge in [-0.25, -0.2) is 9.97 Å². The Labute approximate surface area is 169 Å². The van der Waals surface area contributed by atoms with Crippen molar-refractivity contribution in [2.45, 2.75) is 47.0 Å². The lowest BCUT2D eigenvalue weighted by molar-refractivity contribution is -0.114. The Bertz CT molecular complexity index is 1030. The Morgan fingerprint density at radius 2 is 1.96 bits per heavy atom. The highest BCUT2D eigenvalue weighted by Gasteiger charge is 2.23. The molecule has 0 aliphatic heterocycles. The maximum atomic E-state index is 12.6. The molecule has 146 valence electrons. The minimum atomic E-state index is -0.0699. The second-order valence-electron chi connectivity index (χ2n) is 7.93. The van der Waals surface area contributed by atoms with E-state index in [1.807, 2.05) is 13.8 Å². The van der Waals surface area contributed by atoms with Crippen molar-refractivity contribution < 1.29 is 4.79 Å². The zero-order valence-corrected chi connectivity index (χ0v) is 17.7. The average molecular weight is 395 g/mol. The van der Waals surface area contributed by atoms with Gasteiger partial charge in [-0.2, -0.15) is 0 Å². The third-order valence-electron chi connectivity index (χ3n) is 5.45. The summed E-state index contributed by atoms with van der Waals surface area (Å²) in [6.07, 6.45) is 4.95. The number of carbonyl (C=O) groups is 1. The Balaban J connectivity index is 1.52. The van der Waals surface area contributed by atoms with Gasteiger partial charge in [0.1, 0.15) is 17.0 Å². The van der Waals surface area contributed by atoms with E-state index in [1.54, 1.807) is 17.7 Å². The van der Waals surface area contributed by atoms with E-state index in [4.69, 9.17) is 0 Å². The molecule has 0 spiro atoms. The van der Waals surface area contributed by atoms with E-state index in [-0.39, 0.29) is 12.5 Å². The number of fused-ring (bicyclic) bond motifs is 3. The number of aromatic nitrogens is 2. The maximum Gasteiger partial charge on any atom is 0.243 e. The zero-order valence-electron chi connectivity index (χ0n) is 16.8. The molecule has 0 saturated heterocycles. The minimum absolute atomic E-state index is 0.0699. The van der Waals surface area contributed by atoms with Crippen LogP contribution in [-0.4, -0.2) is 22.4 Å².